The molecule has 3 aromatic rings. The first-order valence-corrected chi connectivity index (χ1v) is 12.5. The van der Waals surface area contributed by atoms with Crippen molar-refractivity contribution >= 4 is 11.5 Å². The third-order valence-electron chi connectivity index (χ3n) is 6.82. The van der Waals surface area contributed by atoms with Gasteiger partial charge in [-0.05, 0) is 67.5 Å². The normalized spacial score (nSPS) is 17.3. The molecule has 0 fully saturated rings. The highest BCUT2D eigenvalue weighted by Gasteiger charge is 2.35. The minimum atomic E-state index is -4.61. The lowest BCUT2D eigenvalue weighted by atomic mass is 10.0. The van der Waals surface area contributed by atoms with Gasteiger partial charge in [0.25, 0.3) is 0 Å². The average molecular weight is 553 g/mol. The van der Waals surface area contributed by atoms with E-state index in [1.807, 2.05) is 31.7 Å². The average Bonchev–Trinajstić information content (AvgIpc) is 3.48. The Morgan fingerprint density at radius 1 is 1.25 bits per heavy atom. The number of hydrogen-bond donors (Lipinski definition) is 2. The number of allylic oxidation sites excluding steroid dienone is 1. The molecule has 0 radical (unpaired) electrons. The number of fused-ring (bicyclic) bond motifs is 1. The van der Waals surface area contributed by atoms with Gasteiger partial charge in [-0.3, -0.25) is 0 Å². The molecule has 2 aromatic heterocycles. The predicted molar refractivity (Wildman–Crippen MR) is 138 cm³/mol. The van der Waals surface area contributed by atoms with Crippen LogP contribution in [0, 0.1) is 11.3 Å². The Morgan fingerprint density at radius 2 is 2.08 bits per heavy atom. The van der Waals surface area contributed by atoms with Crippen molar-refractivity contribution in [1.29, 1.82) is 5.26 Å². The Labute approximate surface area is 228 Å². The number of ether oxygens (including phenoxy) is 1. The number of tetrazole rings is 1. The third-order valence-corrected chi connectivity index (χ3v) is 6.82. The van der Waals surface area contributed by atoms with E-state index in [0.717, 1.165) is 28.6 Å². The molecule has 1 unspecified atom stereocenters. The lowest BCUT2D eigenvalue weighted by Crippen LogP contribution is -2.39. The summed E-state index contributed by atoms with van der Waals surface area (Å²) >= 11 is 0. The van der Waals surface area contributed by atoms with Gasteiger partial charge < -0.3 is 20.3 Å². The minimum Gasteiger partial charge on any atom is -0.365 e. The van der Waals surface area contributed by atoms with Crippen molar-refractivity contribution in [3.8, 4) is 6.07 Å². The lowest BCUT2D eigenvalue weighted by molar-refractivity contribution is -0.137. The van der Waals surface area contributed by atoms with Crippen LogP contribution in [0.15, 0.2) is 54.4 Å². The zero-order chi connectivity index (χ0) is 28.5. The van der Waals surface area contributed by atoms with Gasteiger partial charge in [-0.15, -0.1) is 5.10 Å². The van der Waals surface area contributed by atoms with Crippen LogP contribution in [-0.4, -0.2) is 49.6 Å². The summed E-state index contributed by atoms with van der Waals surface area (Å²) in [7, 11) is 0. The molecule has 1 atom stereocenters. The summed E-state index contributed by atoms with van der Waals surface area (Å²) in [4.78, 5) is 10.6. The Balaban J connectivity index is 1.26. The number of benzene rings is 1. The SMILES string of the molecule is CC1=CC(Nc2ncnc3c2CCN(c2ccc(C#N)c(C(F)(F)F)c2)C3)=CNC1OCC(C)(C)n1cnnn1. The molecule has 0 saturated heterocycles. The highest BCUT2D eigenvalue weighted by Crippen LogP contribution is 2.36. The van der Waals surface area contributed by atoms with Gasteiger partial charge in [0.15, 0.2) is 0 Å². The van der Waals surface area contributed by atoms with Crippen LogP contribution in [0.4, 0.5) is 24.7 Å². The molecule has 0 spiro atoms. The number of nitrogens with zero attached hydrogens (tertiary/aromatic N) is 8. The van der Waals surface area contributed by atoms with E-state index >= 15 is 0 Å². The Bertz CT molecular complexity index is 1490. The molecule has 1 aromatic carbocycles. The van der Waals surface area contributed by atoms with Crippen LogP contribution in [-0.2, 0) is 29.4 Å². The number of alkyl halides is 3. The molecular weight excluding hydrogens is 525 g/mol. The van der Waals surface area contributed by atoms with E-state index in [1.165, 1.54) is 18.5 Å². The van der Waals surface area contributed by atoms with Gasteiger partial charge in [0, 0.05) is 24.0 Å². The summed E-state index contributed by atoms with van der Waals surface area (Å²) in [5.41, 5.74) is 1.96. The molecule has 0 amide bonds. The summed E-state index contributed by atoms with van der Waals surface area (Å²) in [6.45, 7) is 7.06. The monoisotopic (exact) mass is 552 g/mol. The van der Waals surface area contributed by atoms with Gasteiger partial charge in [0.1, 0.15) is 24.7 Å². The second kappa shape index (κ2) is 10.6. The summed E-state index contributed by atoms with van der Waals surface area (Å²) < 4.78 is 48.1. The van der Waals surface area contributed by atoms with Crippen molar-refractivity contribution in [2.75, 3.05) is 23.4 Å². The smallest absolute Gasteiger partial charge is 0.365 e. The summed E-state index contributed by atoms with van der Waals surface area (Å²) in [5, 5.41) is 27.0. The van der Waals surface area contributed by atoms with Crippen LogP contribution < -0.4 is 15.5 Å². The number of aromatic nitrogens is 6. The first-order chi connectivity index (χ1) is 19.0. The molecule has 2 N–H and O–H groups in total. The van der Waals surface area contributed by atoms with Crippen molar-refractivity contribution < 1.29 is 17.9 Å². The minimum absolute atomic E-state index is 0.314. The van der Waals surface area contributed by atoms with Crippen LogP contribution in [0.3, 0.4) is 0 Å². The first-order valence-electron chi connectivity index (χ1n) is 12.5. The van der Waals surface area contributed by atoms with Gasteiger partial charge in [0.2, 0.25) is 0 Å². The maximum atomic E-state index is 13.5. The topological polar surface area (TPSA) is 130 Å². The number of nitrogens with one attached hydrogen (secondary N) is 2. The molecule has 4 heterocycles. The van der Waals surface area contributed by atoms with Crippen LogP contribution in [0.1, 0.15) is 43.2 Å². The molecular formula is C26H27F3N10O. The van der Waals surface area contributed by atoms with E-state index in [1.54, 1.807) is 23.3 Å². The third kappa shape index (κ3) is 5.59. The molecule has 11 nitrogen and oxygen atoms in total. The highest BCUT2D eigenvalue weighted by atomic mass is 19.4. The quantitative estimate of drug-likeness (QED) is 0.449. The second-order valence-electron chi connectivity index (χ2n) is 10.2. The van der Waals surface area contributed by atoms with Crippen molar-refractivity contribution in [2.45, 2.75) is 51.7 Å². The summed E-state index contributed by atoms with van der Waals surface area (Å²) in [6.07, 6.45) is 2.34. The van der Waals surface area contributed by atoms with Crippen LogP contribution in [0.2, 0.25) is 0 Å². The molecule has 0 saturated carbocycles. The van der Waals surface area contributed by atoms with Crippen LogP contribution in [0.5, 0.6) is 0 Å². The number of nitriles is 1. The van der Waals surface area contributed by atoms with Crippen LogP contribution in [0.25, 0.3) is 0 Å². The fraction of sp³-hybridized carbons (Fsp3) is 0.385. The highest BCUT2D eigenvalue weighted by molar-refractivity contribution is 5.59. The fourth-order valence-electron chi connectivity index (χ4n) is 4.58. The molecule has 2 aliphatic rings. The zero-order valence-corrected chi connectivity index (χ0v) is 22.1. The van der Waals surface area contributed by atoms with Crippen LogP contribution >= 0.6 is 0 Å². The lowest BCUT2D eigenvalue weighted by Gasteiger charge is -2.32. The first kappa shape index (κ1) is 27.1. The van der Waals surface area contributed by atoms with Crippen molar-refractivity contribution in [3.63, 3.8) is 0 Å². The summed E-state index contributed by atoms with van der Waals surface area (Å²) in [5.74, 6) is 0.636. The van der Waals surface area contributed by atoms with Crippen molar-refractivity contribution in [1.82, 2.24) is 35.5 Å². The van der Waals surface area contributed by atoms with E-state index in [9.17, 15) is 13.2 Å². The van der Waals surface area contributed by atoms with Gasteiger partial charge >= 0.3 is 6.18 Å². The number of dihydropyridines is 1. The van der Waals surface area contributed by atoms with E-state index in [2.05, 4.69) is 36.1 Å². The van der Waals surface area contributed by atoms with Gasteiger partial charge in [0.05, 0.1) is 47.3 Å². The number of hydrogen-bond acceptors (Lipinski definition) is 10. The second-order valence-corrected chi connectivity index (χ2v) is 10.2. The summed E-state index contributed by atoms with van der Waals surface area (Å²) in [6, 6.07) is 5.39. The van der Waals surface area contributed by atoms with E-state index in [-0.39, 0.29) is 6.23 Å². The fourth-order valence-corrected chi connectivity index (χ4v) is 4.58. The van der Waals surface area contributed by atoms with E-state index < -0.39 is 22.8 Å². The van der Waals surface area contributed by atoms with Gasteiger partial charge in [-0.2, -0.15) is 18.4 Å². The Kier molecular flexibility index (Phi) is 7.16. The Morgan fingerprint density at radius 3 is 2.77 bits per heavy atom. The van der Waals surface area contributed by atoms with E-state index in [4.69, 9.17) is 10.00 Å². The van der Waals surface area contributed by atoms with Crippen molar-refractivity contribution in [2.24, 2.45) is 0 Å². The maximum absolute atomic E-state index is 13.5. The molecule has 0 bridgehead atoms. The van der Waals surface area contributed by atoms with Gasteiger partial charge in [-0.25, -0.2) is 14.6 Å². The molecule has 5 rings (SSSR count). The molecule has 40 heavy (non-hydrogen) atoms. The molecule has 0 aliphatic carbocycles. The van der Waals surface area contributed by atoms with Gasteiger partial charge in [-0.1, -0.05) is 0 Å². The van der Waals surface area contributed by atoms with E-state index in [0.29, 0.717) is 37.6 Å². The standard InChI is InChI=1S/C26H27F3N10O/c1-16-8-18(11-31-24(16)40-13-25(2,3)39-15-34-36-37-39)35-23-20-6-7-38(12-22(20)32-14-33-23)19-5-4-17(10-30)21(9-19)26(27,28)29/h4-5,8-9,11,14-15,24,31H,6-7,12-13H2,1-3H3,(H,32,33,35). The number of halogens is 3. The number of anilines is 2. The number of rotatable bonds is 7. The Hall–Kier alpha value is -4.51. The molecule has 208 valence electrons. The zero-order valence-electron chi connectivity index (χ0n) is 22.1. The largest absolute Gasteiger partial charge is 0.417 e. The van der Waals surface area contributed by atoms with Crippen molar-refractivity contribution in [3.05, 3.63) is 76.8 Å². The molecule has 14 heteroatoms. The predicted octanol–water partition coefficient (Wildman–Crippen LogP) is 3.50. The maximum Gasteiger partial charge on any atom is 0.417 e. The molecule has 2 aliphatic heterocycles.